The van der Waals surface area contributed by atoms with Gasteiger partial charge in [0, 0.05) is 12.2 Å². The highest BCUT2D eigenvalue weighted by atomic mass is 32.1. The molecule has 0 spiro atoms. The molecule has 4 aromatic rings. The molecule has 5 rings (SSSR count). The van der Waals surface area contributed by atoms with Gasteiger partial charge in [-0.05, 0) is 48.1 Å². The second-order valence-corrected chi connectivity index (χ2v) is 7.99. The molecule has 0 saturated heterocycles. The minimum absolute atomic E-state index is 0.0561. The summed E-state index contributed by atoms with van der Waals surface area (Å²) in [5.74, 6) is -0.391. The Labute approximate surface area is 178 Å². The van der Waals surface area contributed by atoms with Crippen LogP contribution in [0.5, 0.6) is 5.75 Å². The SMILES string of the molecule is CO/N=C/c1cc(-c2c(F)cc3c(=O)c4c(=O)[nH]sc4n(C4CC4)c3c2OC)ccn1. The molecular formula is C21H17FN4O4S. The molecule has 8 nitrogen and oxygen atoms in total. The van der Waals surface area contributed by atoms with Crippen molar-refractivity contribution >= 4 is 38.9 Å². The van der Waals surface area contributed by atoms with Crippen LogP contribution in [0.1, 0.15) is 24.6 Å². The Bertz CT molecular complexity index is 1480. The van der Waals surface area contributed by atoms with E-state index >= 15 is 4.39 Å². The van der Waals surface area contributed by atoms with Crippen molar-refractivity contribution in [3.8, 4) is 16.9 Å². The number of halogens is 1. The van der Waals surface area contributed by atoms with Crippen molar-refractivity contribution in [2.24, 2.45) is 5.16 Å². The highest BCUT2D eigenvalue weighted by Gasteiger charge is 2.31. The first-order valence-corrected chi connectivity index (χ1v) is 10.4. The van der Waals surface area contributed by atoms with E-state index in [4.69, 9.17) is 4.74 Å². The van der Waals surface area contributed by atoms with Gasteiger partial charge in [0.2, 0.25) is 5.43 Å². The first-order valence-electron chi connectivity index (χ1n) is 9.54. The van der Waals surface area contributed by atoms with Crippen LogP contribution in [0, 0.1) is 5.82 Å². The fraction of sp³-hybridized carbons (Fsp3) is 0.238. The lowest BCUT2D eigenvalue weighted by Gasteiger charge is -2.18. The summed E-state index contributed by atoms with van der Waals surface area (Å²) in [5.41, 5.74) is 0.719. The quantitative estimate of drug-likeness (QED) is 0.379. The van der Waals surface area contributed by atoms with E-state index in [9.17, 15) is 9.59 Å². The van der Waals surface area contributed by atoms with Gasteiger partial charge in [0.05, 0.1) is 35.5 Å². The number of H-pyrrole nitrogens is 1. The van der Waals surface area contributed by atoms with Crippen molar-refractivity contribution in [3.05, 3.63) is 56.5 Å². The number of hydrogen-bond acceptors (Lipinski definition) is 7. The summed E-state index contributed by atoms with van der Waals surface area (Å²) >= 11 is 1.11. The summed E-state index contributed by atoms with van der Waals surface area (Å²) < 4.78 is 25.7. The number of nitrogens with one attached hydrogen (secondary N) is 1. The van der Waals surface area contributed by atoms with Crippen LogP contribution in [-0.4, -0.2) is 34.4 Å². The van der Waals surface area contributed by atoms with E-state index < -0.39 is 16.8 Å². The zero-order valence-electron chi connectivity index (χ0n) is 16.6. The number of fused-ring (bicyclic) bond motifs is 2. The second kappa shape index (κ2) is 7.31. The maximum absolute atomic E-state index is 15.4. The third kappa shape index (κ3) is 3.02. The van der Waals surface area contributed by atoms with E-state index in [0.29, 0.717) is 21.6 Å². The molecule has 158 valence electrons. The maximum Gasteiger partial charge on any atom is 0.271 e. The number of aromatic amines is 1. The number of pyridine rings is 2. The molecule has 3 heterocycles. The average Bonchev–Trinajstić information content (AvgIpc) is 3.54. The molecule has 1 fully saturated rings. The van der Waals surface area contributed by atoms with Gasteiger partial charge >= 0.3 is 0 Å². The van der Waals surface area contributed by atoms with E-state index in [1.807, 2.05) is 4.57 Å². The van der Waals surface area contributed by atoms with Crippen LogP contribution in [0.25, 0.3) is 32.2 Å². The van der Waals surface area contributed by atoms with E-state index in [-0.39, 0.29) is 28.1 Å². The molecule has 1 aromatic carbocycles. The number of rotatable bonds is 5. The summed E-state index contributed by atoms with van der Waals surface area (Å²) in [5, 5.41) is 3.87. The fourth-order valence-electron chi connectivity index (χ4n) is 3.86. The Hall–Kier alpha value is -3.53. The van der Waals surface area contributed by atoms with Crippen LogP contribution in [0.2, 0.25) is 0 Å². The third-order valence-corrected chi connectivity index (χ3v) is 6.18. The Kier molecular flexibility index (Phi) is 4.58. The number of benzene rings is 1. The van der Waals surface area contributed by atoms with Gasteiger partial charge in [0.15, 0.2) is 5.75 Å². The van der Waals surface area contributed by atoms with E-state index in [0.717, 1.165) is 24.4 Å². The molecule has 10 heteroatoms. The predicted molar refractivity (Wildman–Crippen MR) is 117 cm³/mol. The van der Waals surface area contributed by atoms with Gasteiger partial charge in [-0.25, -0.2) is 4.39 Å². The molecule has 0 bridgehead atoms. The van der Waals surface area contributed by atoms with Gasteiger partial charge < -0.3 is 14.1 Å². The average molecular weight is 440 g/mol. The fourth-order valence-corrected chi connectivity index (χ4v) is 4.78. The zero-order valence-corrected chi connectivity index (χ0v) is 17.5. The van der Waals surface area contributed by atoms with Gasteiger partial charge in [0.25, 0.3) is 5.56 Å². The first kappa shape index (κ1) is 19.4. The van der Waals surface area contributed by atoms with Crippen molar-refractivity contribution in [2.75, 3.05) is 14.2 Å². The van der Waals surface area contributed by atoms with Crippen LogP contribution in [-0.2, 0) is 4.84 Å². The van der Waals surface area contributed by atoms with E-state index in [2.05, 4.69) is 19.4 Å². The zero-order chi connectivity index (χ0) is 21.7. The molecule has 3 aromatic heterocycles. The predicted octanol–water partition coefficient (Wildman–Crippen LogP) is 3.43. The number of ether oxygens (including phenoxy) is 1. The Morgan fingerprint density at radius 3 is 2.84 bits per heavy atom. The van der Waals surface area contributed by atoms with Crippen molar-refractivity contribution in [3.63, 3.8) is 0 Å². The molecule has 0 aliphatic heterocycles. The summed E-state index contributed by atoms with van der Waals surface area (Å²) in [7, 11) is 2.86. The second-order valence-electron chi connectivity index (χ2n) is 7.19. The van der Waals surface area contributed by atoms with E-state index in [1.165, 1.54) is 32.7 Å². The Morgan fingerprint density at radius 1 is 1.32 bits per heavy atom. The lowest BCUT2D eigenvalue weighted by atomic mass is 10.0. The topological polar surface area (TPSA) is 98.6 Å². The molecule has 0 unspecified atom stereocenters. The van der Waals surface area contributed by atoms with Gasteiger partial charge in [-0.2, -0.15) is 0 Å². The van der Waals surface area contributed by atoms with Gasteiger partial charge in [-0.1, -0.05) is 5.16 Å². The van der Waals surface area contributed by atoms with Crippen LogP contribution < -0.4 is 15.7 Å². The van der Waals surface area contributed by atoms with Gasteiger partial charge in [-0.15, -0.1) is 0 Å². The minimum atomic E-state index is -0.629. The molecule has 0 radical (unpaired) electrons. The summed E-state index contributed by atoms with van der Waals surface area (Å²) in [6.07, 6.45) is 4.75. The van der Waals surface area contributed by atoms with Crippen molar-refractivity contribution < 1.29 is 14.0 Å². The lowest BCUT2D eigenvalue weighted by Crippen LogP contribution is -2.16. The number of nitrogens with zero attached hydrogens (tertiary/aromatic N) is 3. The molecule has 31 heavy (non-hydrogen) atoms. The number of methoxy groups -OCH3 is 1. The highest BCUT2D eigenvalue weighted by Crippen LogP contribution is 2.45. The van der Waals surface area contributed by atoms with Crippen molar-refractivity contribution in [1.82, 2.24) is 13.9 Å². The van der Waals surface area contributed by atoms with Crippen LogP contribution in [0.15, 0.2) is 39.1 Å². The first-order chi connectivity index (χ1) is 15.0. The molecule has 1 aliphatic rings. The van der Waals surface area contributed by atoms with Crippen LogP contribution >= 0.6 is 11.5 Å². The number of oxime groups is 1. The molecule has 0 amide bonds. The number of hydrogen-bond donors (Lipinski definition) is 1. The summed E-state index contributed by atoms with van der Waals surface area (Å²) in [6, 6.07) is 4.62. The summed E-state index contributed by atoms with van der Waals surface area (Å²) in [4.78, 5) is 34.8. The normalized spacial score (nSPS) is 14.0. The standard InChI is InChI=1S/C21H17FN4O4S/c1-29-19-15(10-5-6-23-11(7-10)9-24-30-2)14(22)8-13-17(19)26(12-3-4-12)21-16(18(13)27)20(28)25-31-21/h5-9,12H,3-4H2,1-2H3,(H,25,28)/b24-9+. The van der Waals surface area contributed by atoms with Crippen LogP contribution in [0.4, 0.5) is 4.39 Å². The Balaban J connectivity index is 1.91. The molecule has 1 N–H and O–H groups in total. The Morgan fingerprint density at radius 2 is 2.13 bits per heavy atom. The molecular weight excluding hydrogens is 423 g/mol. The minimum Gasteiger partial charge on any atom is -0.494 e. The van der Waals surface area contributed by atoms with Crippen molar-refractivity contribution in [1.29, 1.82) is 0 Å². The van der Waals surface area contributed by atoms with Crippen molar-refractivity contribution in [2.45, 2.75) is 18.9 Å². The summed E-state index contributed by atoms with van der Waals surface area (Å²) in [6.45, 7) is 0. The monoisotopic (exact) mass is 440 g/mol. The molecule has 1 aliphatic carbocycles. The van der Waals surface area contributed by atoms with E-state index in [1.54, 1.807) is 12.1 Å². The van der Waals surface area contributed by atoms with Crippen LogP contribution in [0.3, 0.4) is 0 Å². The molecule has 0 atom stereocenters. The third-order valence-electron chi connectivity index (χ3n) is 5.30. The lowest BCUT2D eigenvalue weighted by molar-refractivity contribution is 0.215. The maximum atomic E-state index is 15.4. The smallest absolute Gasteiger partial charge is 0.271 e. The van der Waals surface area contributed by atoms with Gasteiger partial charge in [-0.3, -0.25) is 18.9 Å². The largest absolute Gasteiger partial charge is 0.494 e. The number of aromatic nitrogens is 3. The highest BCUT2D eigenvalue weighted by molar-refractivity contribution is 7.12. The molecule has 1 saturated carbocycles. The van der Waals surface area contributed by atoms with Gasteiger partial charge in [0.1, 0.15) is 23.1 Å².